The molecule has 2 aromatic carbocycles. The topological polar surface area (TPSA) is 26.9 Å². The molecular weight excluding hydrogens is 440 g/mol. The van der Waals surface area contributed by atoms with E-state index in [9.17, 15) is 4.79 Å². The fraction of sp³-hybridized carbons (Fsp3) is 0.242. The van der Waals surface area contributed by atoms with Gasteiger partial charge in [0.25, 0.3) is 0 Å². The predicted octanol–water partition coefficient (Wildman–Crippen LogP) is 7.97. The van der Waals surface area contributed by atoms with Gasteiger partial charge in [0, 0.05) is 45.3 Å². The van der Waals surface area contributed by atoms with Crippen molar-refractivity contribution in [3.8, 4) is 11.4 Å². The third kappa shape index (κ3) is 4.42. The largest absolute Gasteiger partial charge is 0.318 e. The quantitative estimate of drug-likeness (QED) is 0.276. The lowest BCUT2D eigenvalue weighted by Gasteiger charge is -2.22. The Morgan fingerprint density at radius 2 is 1.06 bits per heavy atom. The molecule has 0 saturated heterocycles. The Kier molecular flexibility index (Phi) is 6.40. The average molecular weight is 475 g/mol. The van der Waals surface area contributed by atoms with Crippen LogP contribution in [0.2, 0.25) is 0 Å². The van der Waals surface area contributed by atoms with Crippen molar-refractivity contribution in [2.24, 2.45) is 5.92 Å². The van der Waals surface area contributed by atoms with Gasteiger partial charge in [-0.3, -0.25) is 4.79 Å². The molecule has 1 aliphatic rings. The van der Waals surface area contributed by atoms with E-state index in [1.54, 1.807) is 0 Å². The third-order valence-corrected chi connectivity index (χ3v) is 7.35. The highest BCUT2D eigenvalue weighted by Crippen LogP contribution is 2.34. The Morgan fingerprint density at radius 3 is 1.44 bits per heavy atom. The molecule has 0 N–H and O–H groups in total. The molecule has 0 spiro atoms. The minimum atomic E-state index is 0.183. The standard InChI is InChI=1S/C33H34N2O/c1-22-16-29(20-27-18-23(2)34(25(27)4)31-12-8-6-9-13-31)33(36)30(17-22)21-28-19-24(3)35(26(28)5)32-14-10-7-11-15-32/h6-15,18-22H,16-17H2,1-5H3/b29-20-,30-21+. The van der Waals surface area contributed by atoms with Crippen molar-refractivity contribution in [3.63, 3.8) is 0 Å². The summed E-state index contributed by atoms with van der Waals surface area (Å²) in [5.74, 6) is 0.609. The molecule has 1 atom stereocenters. The molecule has 1 saturated carbocycles. The van der Waals surface area contributed by atoms with Gasteiger partial charge in [0.1, 0.15) is 0 Å². The number of aromatic nitrogens is 2. The SMILES string of the molecule is Cc1cc(/C=C2/CC(C)C/C(=C\c3cc(C)n(-c4ccccc4)c3C)C2=O)c(C)n1-c1ccccc1. The number of para-hydroxylation sites is 2. The Morgan fingerprint density at radius 1 is 0.667 bits per heavy atom. The zero-order valence-electron chi connectivity index (χ0n) is 21.9. The molecule has 182 valence electrons. The van der Waals surface area contributed by atoms with Crippen molar-refractivity contribution in [2.45, 2.75) is 47.5 Å². The van der Waals surface area contributed by atoms with Crippen LogP contribution in [-0.2, 0) is 4.79 Å². The molecule has 3 heteroatoms. The highest BCUT2D eigenvalue weighted by molar-refractivity contribution is 6.14. The van der Waals surface area contributed by atoms with Gasteiger partial charge in [-0.15, -0.1) is 0 Å². The Bertz CT molecular complexity index is 1370. The highest BCUT2D eigenvalue weighted by atomic mass is 16.1. The summed E-state index contributed by atoms with van der Waals surface area (Å²) in [5, 5.41) is 0. The minimum absolute atomic E-state index is 0.183. The molecule has 36 heavy (non-hydrogen) atoms. The van der Waals surface area contributed by atoms with E-state index in [1.165, 1.54) is 11.4 Å². The van der Waals surface area contributed by atoms with Gasteiger partial charge in [-0.25, -0.2) is 0 Å². The van der Waals surface area contributed by atoms with E-state index in [1.807, 2.05) is 12.1 Å². The summed E-state index contributed by atoms with van der Waals surface area (Å²) in [6, 6.07) is 25.2. The zero-order valence-corrected chi connectivity index (χ0v) is 21.9. The summed E-state index contributed by atoms with van der Waals surface area (Å²) in [7, 11) is 0. The van der Waals surface area contributed by atoms with E-state index in [4.69, 9.17) is 0 Å². The van der Waals surface area contributed by atoms with Gasteiger partial charge < -0.3 is 9.13 Å². The normalized spacial score (nSPS) is 18.4. The molecule has 3 nitrogen and oxygen atoms in total. The van der Waals surface area contributed by atoms with Crippen LogP contribution in [0.15, 0.2) is 83.9 Å². The molecule has 1 aliphatic carbocycles. The van der Waals surface area contributed by atoms with Crippen LogP contribution in [0.5, 0.6) is 0 Å². The van der Waals surface area contributed by atoms with E-state index in [0.29, 0.717) is 5.92 Å². The molecule has 0 aliphatic heterocycles. The van der Waals surface area contributed by atoms with Crippen LogP contribution in [0.4, 0.5) is 0 Å². The third-order valence-electron chi connectivity index (χ3n) is 7.35. The van der Waals surface area contributed by atoms with E-state index in [0.717, 1.165) is 57.9 Å². The lowest BCUT2D eigenvalue weighted by atomic mass is 9.81. The lowest BCUT2D eigenvalue weighted by molar-refractivity contribution is -0.113. The summed E-state index contributed by atoms with van der Waals surface area (Å²) < 4.78 is 4.52. The Labute approximate surface area is 214 Å². The molecule has 0 bridgehead atoms. The first-order chi connectivity index (χ1) is 17.3. The van der Waals surface area contributed by atoms with Crippen molar-refractivity contribution in [1.29, 1.82) is 0 Å². The molecule has 2 aromatic heterocycles. The predicted molar refractivity (Wildman–Crippen MR) is 150 cm³/mol. The number of aryl methyl sites for hydroxylation is 2. The smallest absolute Gasteiger partial charge is 0.185 e. The van der Waals surface area contributed by atoms with Gasteiger partial charge in [0.05, 0.1) is 0 Å². The summed E-state index contributed by atoms with van der Waals surface area (Å²) in [5.41, 5.74) is 11.0. The van der Waals surface area contributed by atoms with Crippen LogP contribution >= 0.6 is 0 Å². The average Bonchev–Trinajstić information content (AvgIpc) is 3.31. The van der Waals surface area contributed by atoms with Gasteiger partial charge in [-0.05, 0) is 106 Å². The fourth-order valence-corrected chi connectivity index (χ4v) is 5.66. The summed E-state index contributed by atoms with van der Waals surface area (Å²) >= 11 is 0. The van der Waals surface area contributed by atoms with Gasteiger partial charge >= 0.3 is 0 Å². The second-order valence-corrected chi connectivity index (χ2v) is 10.2. The van der Waals surface area contributed by atoms with Crippen LogP contribution in [0.25, 0.3) is 23.5 Å². The van der Waals surface area contributed by atoms with Crippen LogP contribution in [0, 0.1) is 33.6 Å². The number of nitrogens with zero attached hydrogens (tertiary/aromatic N) is 2. The summed E-state index contributed by atoms with van der Waals surface area (Å²) in [6.07, 6.45) is 5.88. The number of ketones is 1. The number of carbonyl (C=O) groups is 1. The van der Waals surface area contributed by atoms with Crippen LogP contribution in [0.3, 0.4) is 0 Å². The van der Waals surface area contributed by atoms with Crippen molar-refractivity contribution < 1.29 is 4.79 Å². The molecule has 1 unspecified atom stereocenters. The minimum Gasteiger partial charge on any atom is -0.318 e. The first-order valence-corrected chi connectivity index (χ1v) is 12.8. The van der Waals surface area contributed by atoms with Crippen molar-refractivity contribution in [1.82, 2.24) is 9.13 Å². The number of Topliss-reactive ketones (excluding diaryl/α,β-unsaturated/α-hetero) is 1. The monoisotopic (exact) mass is 474 g/mol. The van der Waals surface area contributed by atoms with Crippen molar-refractivity contribution >= 4 is 17.9 Å². The van der Waals surface area contributed by atoms with Crippen molar-refractivity contribution in [3.05, 3.63) is 118 Å². The summed E-state index contributed by atoms with van der Waals surface area (Å²) in [4.78, 5) is 13.7. The second kappa shape index (κ2) is 9.66. The second-order valence-electron chi connectivity index (χ2n) is 10.2. The maximum absolute atomic E-state index is 13.7. The van der Waals surface area contributed by atoms with Gasteiger partial charge in [-0.1, -0.05) is 43.3 Å². The lowest BCUT2D eigenvalue weighted by Crippen LogP contribution is -2.18. The molecule has 0 amide bonds. The van der Waals surface area contributed by atoms with Gasteiger partial charge in [0.15, 0.2) is 5.78 Å². The van der Waals surface area contributed by atoms with Crippen LogP contribution in [0.1, 0.15) is 53.7 Å². The number of benzene rings is 2. The maximum atomic E-state index is 13.7. The number of rotatable bonds is 4. The molecule has 2 heterocycles. The number of carbonyl (C=O) groups excluding carboxylic acids is 1. The van der Waals surface area contributed by atoms with Crippen LogP contribution < -0.4 is 0 Å². The van der Waals surface area contributed by atoms with Gasteiger partial charge in [0.2, 0.25) is 0 Å². The first-order valence-electron chi connectivity index (χ1n) is 12.8. The zero-order chi connectivity index (χ0) is 25.4. The molecule has 5 rings (SSSR count). The van der Waals surface area contributed by atoms with Crippen LogP contribution in [-0.4, -0.2) is 14.9 Å². The van der Waals surface area contributed by atoms with E-state index in [-0.39, 0.29) is 5.78 Å². The van der Waals surface area contributed by atoms with Gasteiger partial charge in [-0.2, -0.15) is 0 Å². The first kappa shape index (κ1) is 23.9. The number of allylic oxidation sites excluding steroid dienone is 2. The van der Waals surface area contributed by atoms with E-state index in [2.05, 4.69) is 117 Å². The Balaban J connectivity index is 1.51. The summed E-state index contributed by atoms with van der Waals surface area (Å²) in [6.45, 7) is 10.8. The fourth-order valence-electron chi connectivity index (χ4n) is 5.66. The molecule has 0 radical (unpaired) electrons. The van der Waals surface area contributed by atoms with E-state index >= 15 is 0 Å². The molecule has 1 fully saturated rings. The van der Waals surface area contributed by atoms with E-state index < -0.39 is 0 Å². The number of hydrogen-bond donors (Lipinski definition) is 0. The van der Waals surface area contributed by atoms with Crippen molar-refractivity contribution in [2.75, 3.05) is 0 Å². The maximum Gasteiger partial charge on any atom is 0.185 e. The Hall–Kier alpha value is -3.85. The highest BCUT2D eigenvalue weighted by Gasteiger charge is 2.26. The number of hydrogen-bond acceptors (Lipinski definition) is 1. The molecule has 4 aromatic rings. The molecular formula is C33H34N2O.